The first-order chi connectivity index (χ1) is 6.77. The third-order valence-corrected chi connectivity index (χ3v) is 3.84. The Hall–Kier alpha value is -0.910. The number of anilines is 2. The van der Waals surface area contributed by atoms with Crippen LogP contribution in [0, 0.1) is 5.41 Å². The van der Waals surface area contributed by atoms with Gasteiger partial charge in [0.1, 0.15) is 0 Å². The van der Waals surface area contributed by atoms with E-state index in [9.17, 15) is 0 Å². The lowest BCUT2D eigenvalue weighted by Crippen LogP contribution is -2.10. The van der Waals surface area contributed by atoms with Gasteiger partial charge in [-0.25, -0.2) is 0 Å². The number of aromatic nitrogens is 1. The average molecular weight is 260 g/mol. The van der Waals surface area contributed by atoms with E-state index in [0.29, 0.717) is 4.80 Å². The summed E-state index contributed by atoms with van der Waals surface area (Å²) in [4.78, 5) is 6.47. The molecule has 0 amide bonds. The molecule has 0 fully saturated rings. The molecule has 0 saturated heterocycles. The Morgan fingerprint density at radius 3 is 2.40 bits per heavy atom. The molecule has 3 nitrogen and oxygen atoms in total. The van der Waals surface area contributed by atoms with Crippen molar-refractivity contribution in [2.24, 2.45) is 0 Å². The number of rotatable bonds is 2. The van der Waals surface area contributed by atoms with Crippen molar-refractivity contribution in [2.45, 2.75) is 0 Å². The summed E-state index contributed by atoms with van der Waals surface area (Å²) >= 11 is 0. The van der Waals surface area contributed by atoms with Gasteiger partial charge in [-0.1, -0.05) is 18.2 Å². The second-order valence-corrected chi connectivity index (χ2v) is 4.85. The van der Waals surface area contributed by atoms with Crippen LogP contribution in [-0.4, -0.2) is 12.0 Å². The van der Waals surface area contributed by atoms with Gasteiger partial charge in [0.25, 0.3) is 0 Å². The molecule has 0 radical (unpaired) electrons. The van der Waals surface area contributed by atoms with Crippen LogP contribution in [0.5, 0.6) is 0 Å². The van der Waals surface area contributed by atoms with Crippen molar-refractivity contribution >= 4 is 43.9 Å². The first-order valence-electron chi connectivity index (χ1n) is 4.08. The van der Waals surface area contributed by atoms with Crippen LogP contribution in [0.25, 0.3) is 0 Å². The number of nitrogens with one attached hydrogen (secondary N) is 1. The molecule has 0 atom stereocenters. The van der Waals surface area contributed by atoms with E-state index in [1.165, 1.54) is 20.7 Å². The van der Waals surface area contributed by atoms with Crippen LogP contribution in [0.3, 0.4) is 0 Å². The summed E-state index contributed by atoms with van der Waals surface area (Å²) in [6, 6.07) is 10.0. The molecule has 1 aromatic carbocycles. The van der Waals surface area contributed by atoms with Gasteiger partial charge in [0.05, 0.1) is 0 Å². The molecule has 1 N–H and O–H groups in total. The Morgan fingerprint density at radius 1 is 1.20 bits per heavy atom. The Balaban J connectivity index is 0.00000112. The van der Waals surface area contributed by atoms with Gasteiger partial charge in [-0.05, 0) is 32.8 Å². The van der Waals surface area contributed by atoms with Crippen molar-refractivity contribution in [3.05, 3.63) is 35.1 Å². The molecule has 0 unspecified atom stereocenters. The fourth-order valence-electron chi connectivity index (χ4n) is 1.09. The molecule has 1 heterocycles. The highest BCUT2D eigenvalue weighted by atomic mass is 35.5. The van der Waals surface area contributed by atoms with Gasteiger partial charge in [-0.3, -0.25) is 5.41 Å². The van der Waals surface area contributed by atoms with Crippen LogP contribution in [0.15, 0.2) is 30.3 Å². The molecule has 0 aliphatic heterocycles. The standard InChI is InChI=1S/C9H9N3S2.ClH/c1-12(7-5-3-2-4-6-7)9-11-8(10)13-14-9;/h2-6,10H,1H3;1H. The number of hydrogen-bond acceptors (Lipinski definition) is 5. The maximum Gasteiger partial charge on any atom is 0.214 e. The van der Waals surface area contributed by atoms with Crippen LogP contribution < -0.4 is 9.70 Å². The summed E-state index contributed by atoms with van der Waals surface area (Å²) in [5, 5.41) is 8.23. The minimum atomic E-state index is 0. The summed E-state index contributed by atoms with van der Waals surface area (Å²) in [7, 11) is 4.86. The lowest BCUT2D eigenvalue weighted by Gasteiger charge is -2.14. The average Bonchev–Trinajstić information content (AvgIpc) is 2.65. The maximum absolute atomic E-state index is 7.36. The lowest BCUT2D eigenvalue weighted by molar-refractivity contribution is 1.11. The summed E-state index contributed by atoms with van der Waals surface area (Å²) < 4.78 is 0. The minimum Gasteiger partial charge on any atom is -0.320 e. The third kappa shape index (κ3) is 2.77. The van der Waals surface area contributed by atoms with Gasteiger partial charge in [0, 0.05) is 12.7 Å². The molecule has 6 heteroatoms. The zero-order valence-electron chi connectivity index (χ0n) is 8.01. The van der Waals surface area contributed by atoms with Crippen molar-refractivity contribution < 1.29 is 0 Å². The topological polar surface area (TPSA) is 40.0 Å². The third-order valence-electron chi connectivity index (χ3n) is 1.82. The molecule has 0 bridgehead atoms. The van der Waals surface area contributed by atoms with E-state index in [1.807, 2.05) is 42.3 Å². The highest BCUT2D eigenvalue weighted by molar-refractivity contribution is 7.69. The minimum absolute atomic E-state index is 0. The highest BCUT2D eigenvalue weighted by Gasteiger charge is 2.06. The number of nitrogens with zero attached hydrogens (tertiary/aromatic N) is 2. The van der Waals surface area contributed by atoms with Crippen molar-refractivity contribution in [3.63, 3.8) is 0 Å². The van der Waals surface area contributed by atoms with Crippen LogP contribution >= 0.6 is 33.1 Å². The zero-order chi connectivity index (χ0) is 9.97. The molecule has 0 aliphatic rings. The fraction of sp³-hybridized carbons (Fsp3) is 0.111. The van der Waals surface area contributed by atoms with E-state index in [2.05, 4.69) is 4.98 Å². The van der Waals surface area contributed by atoms with E-state index >= 15 is 0 Å². The van der Waals surface area contributed by atoms with E-state index in [-0.39, 0.29) is 12.4 Å². The first kappa shape index (κ1) is 12.2. The predicted octanol–water partition coefficient (Wildman–Crippen LogP) is 2.87. The molecule has 1 aromatic heterocycles. The fourth-order valence-corrected chi connectivity index (χ4v) is 2.79. The SMILES string of the molecule is CN(c1ccccc1)c1nc(=N)ss1.Cl. The number of para-hydroxylation sites is 1. The van der Waals surface area contributed by atoms with Crippen LogP contribution in [-0.2, 0) is 0 Å². The molecule has 2 aromatic rings. The van der Waals surface area contributed by atoms with Gasteiger partial charge in [-0.2, -0.15) is 4.98 Å². The smallest absolute Gasteiger partial charge is 0.214 e. The van der Waals surface area contributed by atoms with Crippen molar-refractivity contribution in [3.8, 4) is 0 Å². The molecule has 80 valence electrons. The predicted molar refractivity (Wildman–Crippen MR) is 67.6 cm³/mol. The van der Waals surface area contributed by atoms with Gasteiger partial charge < -0.3 is 4.90 Å². The Labute approximate surface area is 101 Å². The van der Waals surface area contributed by atoms with Crippen LogP contribution in [0.2, 0.25) is 0 Å². The summed E-state index contributed by atoms with van der Waals surface area (Å²) in [6.07, 6.45) is 0. The van der Waals surface area contributed by atoms with E-state index in [1.54, 1.807) is 0 Å². The molecule has 15 heavy (non-hydrogen) atoms. The van der Waals surface area contributed by atoms with E-state index < -0.39 is 0 Å². The summed E-state index contributed by atoms with van der Waals surface area (Å²) in [5.41, 5.74) is 1.09. The Bertz CT molecular complexity index is 465. The summed E-state index contributed by atoms with van der Waals surface area (Å²) in [5.74, 6) is 0. The van der Waals surface area contributed by atoms with Gasteiger partial charge in [-0.15, -0.1) is 12.4 Å². The number of hydrogen-bond donors (Lipinski definition) is 1. The quantitative estimate of drug-likeness (QED) is 0.843. The number of benzene rings is 1. The molecule has 2 rings (SSSR count). The van der Waals surface area contributed by atoms with E-state index in [4.69, 9.17) is 5.41 Å². The molecular formula is C9H10ClN3S2. The normalized spacial score (nSPS) is 9.40. The summed E-state index contributed by atoms with van der Waals surface area (Å²) in [6.45, 7) is 0. The van der Waals surface area contributed by atoms with Crippen molar-refractivity contribution in [1.29, 1.82) is 5.41 Å². The van der Waals surface area contributed by atoms with Gasteiger partial charge >= 0.3 is 0 Å². The van der Waals surface area contributed by atoms with Crippen LogP contribution in [0.4, 0.5) is 10.8 Å². The lowest BCUT2D eigenvalue weighted by atomic mass is 10.3. The van der Waals surface area contributed by atoms with Crippen LogP contribution in [0.1, 0.15) is 0 Å². The monoisotopic (exact) mass is 259 g/mol. The van der Waals surface area contributed by atoms with E-state index in [0.717, 1.165) is 10.8 Å². The second kappa shape index (κ2) is 5.25. The van der Waals surface area contributed by atoms with Crippen molar-refractivity contribution in [1.82, 2.24) is 4.98 Å². The molecule has 0 aliphatic carbocycles. The molecule has 0 saturated carbocycles. The Morgan fingerprint density at radius 2 is 1.87 bits per heavy atom. The Kier molecular flexibility index (Phi) is 4.26. The zero-order valence-corrected chi connectivity index (χ0v) is 10.5. The highest BCUT2D eigenvalue weighted by Crippen LogP contribution is 2.25. The number of halogens is 1. The first-order valence-corrected chi connectivity index (χ1v) is 6.23. The van der Waals surface area contributed by atoms with Gasteiger partial charge in [0.15, 0.2) is 0 Å². The largest absolute Gasteiger partial charge is 0.320 e. The van der Waals surface area contributed by atoms with Crippen molar-refractivity contribution in [2.75, 3.05) is 11.9 Å². The maximum atomic E-state index is 7.36. The second-order valence-electron chi connectivity index (χ2n) is 2.76. The molecule has 0 spiro atoms. The van der Waals surface area contributed by atoms with Gasteiger partial charge in [0.2, 0.25) is 9.93 Å². The molecular weight excluding hydrogens is 250 g/mol.